The summed E-state index contributed by atoms with van der Waals surface area (Å²) in [4.78, 5) is 8.10. The molecule has 0 aromatic carbocycles. The van der Waals surface area contributed by atoms with E-state index in [1.807, 2.05) is 0 Å². The summed E-state index contributed by atoms with van der Waals surface area (Å²) in [7, 11) is -2.96. The Morgan fingerprint density at radius 1 is 1.56 bits per heavy atom. The third-order valence-corrected chi connectivity index (χ3v) is 4.82. The molecule has 6 nitrogen and oxygen atoms in total. The van der Waals surface area contributed by atoms with Gasteiger partial charge in [0.05, 0.1) is 17.1 Å². The Hall–Kier alpha value is -1.28. The molecule has 0 aliphatic carbocycles. The summed E-state index contributed by atoms with van der Waals surface area (Å²) in [6, 6.07) is -0.147. The predicted molar refractivity (Wildman–Crippen MR) is 73.2 cm³/mol. The van der Waals surface area contributed by atoms with Gasteiger partial charge in [0.25, 0.3) is 0 Å². The molecule has 98 valence electrons. The van der Waals surface area contributed by atoms with Crippen LogP contribution in [0.3, 0.4) is 0 Å². The minimum atomic E-state index is -2.96. The van der Waals surface area contributed by atoms with E-state index in [0.717, 1.165) is 6.42 Å². The molecule has 1 aromatic heterocycles. The van der Waals surface area contributed by atoms with Crippen LogP contribution >= 0.6 is 12.2 Å². The fraction of sp³-hybridized carbons (Fsp3) is 0.500. The zero-order chi connectivity index (χ0) is 13.2. The maximum atomic E-state index is 11.5. The largest absolute Gasteiger partial charge is 0.389 e. The second-order valence-corrected chi connectivity index (χ2v) is 6.92. The zero-order valence-corrected chi connectivity index (χ0v) is 11.3. The van der Waals surface area contributed by atoms with Crippen LogP contribution in [0.15, 0.2) is 12.5 Å². The summed E-state index contributed by atoms with van der Waals surface area (Å²) >= 11 is 4.90. The Morgan fingerprint density at radius 3 is 3.00 bits per heavy atom. The van der Waals surface area contributed by atoms with Crippen molar-refractivity contribution in [3.05, 3.63) is 18.1 Å². The van der Waals surface area contributed by atoms with Crippen molar-refractivity contribution in [3.63, 3.8) is 0 Å². The predicted octanol–water partition coefficient (Wildman–Crippen LogP) is 0.0999. The maximum Gasteiger partial charge on any atom is 0.152 e. The minimum absolute atomic E-state index is 0.119. The number of sulfone groups is 1. The number of aromatic nitrogens is 2. The first kappa shape index (κ1) is 13.2. The number of anilines is 1. The third kappa shape index (κ3) is 3.14. The lowest BCUT2D eigenvalue weighted by Gasteiger charge is -2.24. The molecule has 18 heavy (non-hydrogen) atoms. The van der Waals surface area contributed by atoms with Crippen LogP contribution in [0.25, 0.3) is 0 Å². The van der Waals surface area contributed by atoms with Crippen molar-refractivity contribution in [1.82, 2.24) is 9.97 Å². The molecule has 1 aromatic rings. The van der Waals surface area contributed by atoms with Gasteiger partial charge >= 0.3 is 0 Å². The Morgan fingerprint density at radius 2 is 2.33 bits per heavy atom. The quantitative estimate of drug-likeness (QED) is 0.760. The average Bonchev–Trinajstić information content (AvgIpc) is 2.28. The van der Waals surface area contributed by atoms with Gasteiger partial charge in [0.2, 0.25) is 0 Å². The number of hydrogen-bond acceptors (Lipinski definition) is 6. The molecule has 0 radical (unpaired) electrons. The van der Waals surface area contributed by atoms with E-state index in [0.29, 0.717) is 17.8 Å². The highest BCUT2D eigenvalue weighted by molar-refractivity contribution is 7.91. The smallest absolute Gasteiger partial charge is 0.152 e. The highest BCUT2D eigenvalue weighted by atomic mass is 32.2. The summed E-state index contributed by atoms with van der Waals surface area (Å²) in [5, 5.41) is 3.09. The first-order valence-electron chi connectivity index (χ1n) is 5.55. The monoisotopic (exact) mass is 286 g/mol. The lowest BCUT2D eigenvalue weighted by Crippen LogP contribution is -2.35. The van der Waals surface area contributed by atoms with Gasteiger partial charge in [0.1, 0.15) is 17.1 Å². The van der Waals surface area contributed by atoms with E-state index in [4.69, 9.17) is 18.0 Å². The van der Waals surface area contributed by atoms with Gasteiger partial charge in [-0.3, -0.25) is 0 Å². The van der Waals surface area contributed by atoms with E-state index in [1.54, 1.807) is 0 Å². The van der Waals surface area contributed by atoms with Gasteiger partial charge in [0.15, 0.2) is 9.84 Å². The molecule has 0 spiro atoms. The van der Waals surface area contributed by atoms with E-state index >= 15 is 0 Å². The summed E-state index contributed by atoms with van der Waals surface area (Å²) in [6.07, 6.45) is 4.35. The van der Waals surface area contributed by atoms with Crippen molar-refractivity contribution in [2.24, 2.45) is 5.73 Å². The molecular formula is C10H14N4O2S2. The molecule has 8 heteroatoms. The number of nitrogens with zero attached hydrogens (tertiary/aromatic N) is 2. The van der Waals surface area contributed by atoms with Crippen LogP contribution < -0.4 is 11.1 Å². The average molecular weight is 286 g/mol. The second-order valence-electron chi connectivity index (χ2n) is 4.25. The van der Waals surface area contributed by atoms with Gasteiger partial charge < -0.3 is 11.1 Å². The van der Waals surface area contributed by atoms with Crippen molar-refractivity contribution >= 4 is 32.9 Å². The summed E-state index contributed by atoms with van der Waals surface area (Å²) in [5.74, 6) is 0.879. The number of nitrogens with two attached hydrogens (primary N) is 1. The van der Waals surface area contributed by atoms with Crippen LogP contribution in [-0.4, -0.2) is 40.9 Å². The Balaban J connectivity index is 2.17. The SMILES string of the molecule is NC(=S)c1cncnc1NC1CCCS(=O)(=O)C1. The van der Waals surface area contributed by atoms with Gasteiger partial charge in [-0.1, -0.05) is 12.2 Å². The molecule has 1 unspecified atom stereocenters. The van der Waals surface area contributed by atoms with Gasteiger partial charge in [0, 0.05) is 12.2 Å². The lowest BCUT2D eigenvalue weighted by molar-refractivity contribution is 0.561. The van der Waals surface area contributed by atoms with Gasteiger partial charge in [-0.15, -0.1) is 0 Å². The highest BCUT2D eigenvalue weighted by Gasteiger charge is 2.25. The van der Waals surface area contributed by atoms with E-state index in [9.17, 15) is 8.42 Å². The molecule has 1 atom stereocenters. The van der Waals surface area contributed by atoms with Crippen LogP contribution in [0.1, 0.15) is 18.4 Å². The maximum absolute atomic E-state index is 11.5. The van der Waals surface area contributed by atoms with Crippen molar-refractivity contribution in [2.75, 3.05) is 16.8 Å². The molecule has 1 aliphatic heterocycles. The Kier molecular flexibility index (Phi) is 3.76. The molecular weight excluding hydrogens is 272 g/mol. The number of hydrogen-bond donors (Lipinski definition) is 2. The second kappa shape index (κ2) is 5.15. The minimum Gasteiger partial charge on any atom is -0.389 e. The molecule has 2 heterocycles. The van der Waals surface area contributed by atoms with Crippen LogP contribution in [0.4, 0.5) is 5.82 Å². The number of rotatable bonds is 3. The molecule has 2 rings (SSSR count). The topological polar surface area (TPSA) is 98.0 Å². The van der Waals surface area contributed by atoms with Crippen molar-refractivity contribution in [2.45, 2.75) is 18.9 Å². The fourth-order valence-electron chi connectivity index (χ4n) is 1.95. The molecule has 1 aliphatic rings. The normalized spacial score (nSPS) is 22.3. The molecule has 0 saturated carbocycles. The standard InChI is InChI=1S/C10H14N4O2S2/c11-9(17)8-4-12-6-13-10(8)14-7-2-1-3-18(15,16)5-7/h4,6-7H,1-3,5H2,(H2,11,17)(H,12,13,14). The third-order valence-electron chi connectivity index (χ3n) is 2.78. The van der Waals surface area contributed by atoms with Crippen LogP contribution in [-0.2, 0) is 9.84 Å². The first-order valence-corrected chi connectivity index (χ1v) is 7.78. The van der Waals surface area contributed by atoms with Gasteiger partial charge in [-0.05, 0) is 12.8 Å². The lowest BCUT2D eigenvalue weighted by atomic mass is 10.2. The molecule has 0 amide bonds. The first-order chi connectivity index (χ1) is 8.48. The van der Waals surface area contributed by atoms with E-state index in [1.165, 1.54) is 12.5 Å². The van der Waals surface area contributed by atoms with Crippen LogP contribution in [0, 0.1) is 0 Å². The van der Waals surface area contributed by atoms with E-state index in [-0.39, 0.29) is 22.5 Å². The van der Waals surface area contributed by atoms with Crippen molar-refractivity contribution in [1.29, 1.82) is 0 Å². The van der Waals surface area contributed by atoms with Crippen molar-refractivity contribution < 1.29 is 8.42 Å². The zero-order valence-electron chi connectivity index (χ0n) is 9.67. The van der Waals surface area contributed by atoms with E-state index < -0.39 is 9.84 Å². The molecule has 1 saturated heterocycles. The summed E-state index contributed by atoms with van der Waals surface area (Å²) in [6.45, 7) is 0. The van der Waals surface area contributed by atoms with Gasteiger partial charge in [-0.25, -0.2) is 18.4 Å². The molecule has 1 fully saturated rings. The van der Waals surface area contributed by atoms with Crippen molar-refractivity contribution in [3.8, 4) is 0 Å². The van der Waals surface area contributed by atoms with E-state index in [2.05, 4.69) is 15.3 Å². The number of nitrogens with one attached hydrogen (secondary N) is 1. The Bertz CT molecular complexity index is 559. The van der Waals surface area contributed by atoms with Crippen LogP contribution in [0.2, 0.25) is 0 Å². The molecule has 3 N–H and O–H groups in total. The highest BCUT2D eigenvalue weighted by Crippen LogP contribution is 2.18. The number of thiocarbonyl (C=S) groups is 1. The fourth-order valence-corrected chi connectivity index (χ4v) is 3.74. The van der Waals surface area contributed by atoms with Crippen LogP contribution in [0.5, 0.6) is 0 Å². The van der Waals surface area contributed by atoms with Gasteiger partial charge in [-0.2, -0.15) is 0 Å². The molecule has 0 bridgehead atoms. The summed E-state index contributed by atoms with van der Waals surface area (Å²) in [5.41, 5.74) is 6.10. The summed E-state index contributed by atoms with van der Waals surface area (Å²) < 4.78 is 23.1. The Labute approximate surface area is 111 Å².